The first-order valence-corrected chi connectivity index (χ1v) is 8.23. The molecule has 1 aromatic carbocycles. The van der Waals surface area contributed by atoms with Crippen LogP contribution in [0.4, 0.5) is 10.1 Å². The van der Waals surface area contributed by atoms with E-state index in [1.165, 1.54) is 0 Å². The molecule has 112 valence electrons. The number of halogens is 2. The molecular formula is C12H17ClFN3O2S. The van der Waals surface area contributed by atoms with Gasteiger partial charge in [-0.1, -0.05) is 11.6 Å². The number of nitrogen functional groups attached to an aromatic ring is 1. The average Bonchev–Trinajstić information content (AvgIpc) is 2.86. The molecule has 1 aliphatic rings. The molecule has 0 unspecified atom stereocenters. The van der Waals surface area contributed by atoms with Gasteiger partial charge in [0, 0.05) is 13.1 Å². The molecule has 1 aliphatic heterocycles. The van der Waals surface area contributed by atoms with E-state index in [2.05, 4.69) is 9.62 Å². The number of nitrogens with two attached hydrogens (primary N) is 1. The van der Waals surface area contributed by atoms with E-state index in [9.17, 15) is 12.8 Å². The third kappa shape index (κ3) is 3.60. The van der Waals surface area contributed by atoms with Crippen LogP contribution in [-0.2, 0) is 10.0 Å². The van der Waals surface area contributed by atoms with E-state index in [1.54, 1.807) is 0 Å². The largest absolute Gasteiger partial charge is 0.396 e. The number of hydrogen-bond acceptors (Lipinski definition) is 4. The lowest BCUT2D eigenvalue weighted by atomic mass is 10.3. The Morgan fingerprint density at radius 1 is 1.35 bits per heavy atom. The molecule has 0 amide bonds. The number of sulfonamides is 1. The van der Waals surface area contributed by atoms with Gasteiger partial charge in [0.05, 0.1) is 10.7 Å². The first-order chi connectivity index (χ1) is 9.40. The first-order valence-electron chi connectivity index (χ1n) is 6.37. The fourth-order valence-electron chi connectivity index (χ4n) is 2.17. The summed E-state index contributed by atoms with van der Waals surface area (Å²) in [4.78, 5) is 1.99. The highest BCUT2D eigenvalue weighted by atomic mass is 35.5. The highest BCUT2D eigenvalue weighted by Gasteiger charge is 2.20. The average molecular weight is 322 g/mol. The standard InChI is InChI=1S/C12H17ClFN3O2S/c13-9-7-10(14)11(15)8-12(9)20(18,19)16-3-6-17-4-1-2-5-17/h7-8,16H,1-6,15H2. The molecule has 1 fully saturated rings. The SMILES string of the molecule is Nc1cc(S(=O)(=O)NCCN2CCCC2)c(Cl)cc1F. The molecule has 5 nitrogen and oxygen atoms in total. The second-order valence-corrected chi connectivity index (χ2v) is 6.89. The molecule has 0 spiro atoms. The van der Waals surface area contributed by atoms with Crippen LogP contribution in [0, 0.1) is 5.82 Å². The molecule has 0 saturated carbocycles. The third-order valence-electron chi connectivity index (χ3n) is 3.26. The van der Waals surface area contributed by atoms with Crippen molar-refractivity contribution in [1.82, 2.24) is 9.62 Å². The monoisotopic (exact) mass is 321 g/mol. The molecular weight excluding hydrogens is 305 g/mol. The first kappa shape index (κ1) is 15.5. The Labute approximate surface area is 122 Å². The Bertz CT molecular complexity index is 589. The summed E-state index contributed by atoms with van der Waals surface area (Å²) in [5.41, 5.74) is 5.14. The van der Waals surface area contributed by atoms with Crippen molar-refractivity contribution >= 4 is 27.3 Å². The molecule has 1 aromatic rings. The van der Waals surface area contributed by atoms with Gasteiger partial charge in [0.25, 0.3) is 0 Å². The minimum atomic E-state index is -3.78. The minimum Gasteiger partial charge on any atom is -0.396 e. The van der Waals surface area contributed by atoms with Crippen molar-refractivity contribution in [2.75, 3.05) is 31.9 Å². The molecule has 0 aromatic heterocycles. The molecule has 1 saturated heterocycles. The van der Waals surface area contributed by atoms with Gasteiger partial charge in [0.15, 0.2) is 0 Å². The van der Waals surface area contributed by atoms with Gasteiger partial charge < -0.3 is 10.6 Å². The molecule has 20 heavy (non-hydrogen) atoms. The predicted molar refractivity (Wildman–Crippen MR) is 76.7 cm³/mol. The normalized spacial score (nSPS) is 16.7. The number of rotatable bonds is 5. The van der Waals surface area contributed by atoms with E-state index < -0.39 is 15.8 Å². The van der Waals surface area contributed by atoms with E-state index in [0.29, 0.717) is 6.54 Å². The molecule has 8 heteroatoms. The van der Waals surface area contributed by atoms with Crippen LogP contribution in [0.5, 0.6) is 0 Å². The van der Waals surface area contributed by atoms with Crippen molar-refractivity contribution in [1.29, 1.82) is 0 Å². The van der Waals surface area contributed by atoms with Gasteiger partial charge in [0.1, 0.15) is 10.7 Å². The van der Waals surface area contributed by atoms with Gasteiger partial charge in [-0.3, -0.25) is 0 Å². The molecule has 2 rings (SSSR count). The fourth-order valence-corrected chi connectivity index (χ4v) is 3.74. The Hall–Kier alpha value is -0.890. The van der Waals surface area contributed by atoms with Crippen molar-refractivity contribution in [3.05, 3.63) is 23.0 Å². The summed E-state index contributed by atoms with van der Waals surface area (Å²) < 4.78 is 39.8. The Morgan fingerprint density at radius 3 is 2.65 bits per heavy atom. The van der Waals surface area contributed by atoms with Gasteiger partial charge in [-0.25, -0.2) is 17.5 Å². The quantitative estimate of drug-likeness (QED) is 0.805. The lowest BCUT2D eigenvalue weighted by molar-refractivity contribution is 0.344. The Morgan fingerprint density at radius 2 is 2.00 bits per heavy atom. The highest BCUT2D eigenvalue weighted by Crippen LogP contribution is 2.26. The molecule has 0 aliphatic carbocycles. The minimum absolute atomic E-state index is 0.176. The van der Waals surface area contributed by atoms with Crippen molar-refractivity contribution in [3.8, 4) is 0 Å². The van der Waals surface area contributed by atoms with Crippen molar-refractivity contribution in [3.63, 3.8) is 0 Å². The fraction of sp³-hybridized carbons (Fsp3) is 0.500. The zero-order valence-corrected chi connectivity index (χ0v) is 12.5. The lowest BCUT2D eigenvalue weighted by Gasteiger charge is -2.15. The maximum Gasteiger partial charge on any atom is 0.242 e. The number of anilines is 1. The Kier molecular flexibility index (Phi) is 4.85. The third-order valence-corrected chi connectivity index (χ3v) is 5.19. The van der Waals surface area contributed by atoms with Crippen molar-refractivity contribution < 1.29 is 12.8 Å². The molecule has 1 heterocycles. The van der Waals surface area contributed by atoms with Crippen LogP contribution in [0.2, 0.25) is 5.02 Å². The summed E-state index contributed by atoms with van der Waals surface area (Å²) in [6.45, 7) is 2.92. The Balaban J connectivity index is 2.04. The van der Waals surface area contributed by atoms with Crippen LogP contribution in [0.15, 0.2) is 17.0 Å². The molecule has 3 N–H and O–H groups in total. The van der Waals surface area contributed by atoms with E-state index in [-0.39, 0.29) is 22.2 Å². The predicted octanol–water partition coefficient (Wildman–Crippen LogP) is 1.44. The van der Waals surface area contributed by atoms with Gasteiger partial charge in [-0.15, -0.1) is 0 Å². The summed E-state index contributed by atoms with van der Waals surface area (Å²) >= 11 is 5.77. The zero-order valence-electron chi connectivity index (χ0n) is 10.9. The topological polar surface area (TPSA) is 75.4 Å². The number of nitrogens with one attached hydrogen (secondary N) is 1. The van der Waals surface area contributed by atoms with E-state index in [0.717, 1.165) is 38.1 Å². The summed E-state index contributed by atoms with van der Waals surface area (Å²) in [5, 5.41) is -0.176. The molecule has 0 radical (unpaired) electrons. The lowest BCUT2D eigenvalue weighted by Crippen LogP contribution is -2.33. The summed E-state index contributed by atoms with van der Waals surface area (Å²) in [6.07, 6.45) is 2.29. The molecule has 0 bridgehead atoms. The van der Waals surface area contributed by atoms with Crippen LogP contribution in [0.25, 0.3) is 0 Å². The van der Waals surface area contributed by atoms with Gasteiger partial charge >= 0.3 is 0 Å². The number of hydrogen-bond donors (Lipinski definition) is 2. The van der Waals surface area contributed by atoms with Gasteiger partial charge in [-0.05, 0) is 38.1 Å². The second kappa shape index (κ2) is 6.26. The van der Waals surface area contributed by atoms with Gasteiger partial charge in [0.2, 0.25) is 10.0 Å². The maximum atomic E-state index is 13.2. The number of benzene rings is 1. The van der Waals surface area contributed by atoms with Crippen molar-refractivity contribution in [2.45, 2.75) is 17.7 Å². The van der Waals surface area contributed by atoms with Gasteiger partial charge in [-0.2, -0.15) is 0 Å². The maximum absolute atomic E-state index is 13.2. The molecule has 0 atom stereocenters. The van der Waals surface area contributed by atoms with Crippen LogP contribution in [0.1, 0.15) is 12.8 Å². The van der Waals surface area contributed by atoms with Crippen LogP contribution in [-0.4, -0.2) is 39.5 Å². The highest BCUT2D eigenvalue weighted by molar-refractivity contribution is 7.89. The summed E-state index contributed by atoms with van der Waals surface area (Å²) in [5.74, 6) is -0.731. The smallest absolute Gasteiger partial charge is 0.242 e. The van der Waals surface area contributed by atoms with Crippen LogP contribution < -0.4 is 10.5 Å². The van der Waals surface area contributed by atoms with E-state index in [4.69, 9.17) is 17.3 Å². The van der Waals surface area contributed by atoms with E-state index in [1.807, 2.05) is 0 Å². The van der Waals surface area contributed by atoms with Crippen molar-refractivity contribution in [2.24, 2.45) is 0 Å². The number of nitrogens with zero attached hydrogens (tertiary/aromatic N) is 1. The summed E-state index contributed by atoms with van der Waals surface area (Å²) in [7, 11) is -3.78. The zero-order chi connectivity index (χ0) is 14.8. The van der Waals surface area contributed by atoms with Crippen LogP contribution >= 0.6 is 11.6 Å². The summed E-state index contributed by atoms with van der Waals surface area (Å²) in [6, 6.07) is 1.95. The van der Waals surface area contributed by atoms with Crippen LogP contribution in [0.3, 0.4) is 0 Å². The van der Waals surface area contributed by atoms with E-state index >= 15 is 0 Å². The number of likely N-dealkylation sites (tertiary alicyclic amines) is 1. The second-order valence-electron chi connectivity index (χ2n) is 4.75.